The highest BCUT2D eigenvalue weighted by Gasteiger charge is 2.21. The first-order valence-electron chi connectivity index (χ1n) is 9.50. The number of hydrogen-bond acceptors (Lipinski definition) is 4. The van der Waals surface area contributed by atoms with E-state index in [2.05, 4.69) is 46.2 Å². The lowest BCUT2D eigenvalue weighted by atomic mass is 10.2. The largest absolute Gasteiger partial charge is 0.350 e. The van der Waals surface area contributed by atoms with E-state index in [1.807, 2.05) is 31.2 Å². The van der Waals surface area contributed by atoms with Gasteiger partial charge >= 0.3 is 0 Å². The van der Waals surface area contributed by atoms with Crippen LogP contribution >= 0.6 is 0 Å². The van der Waals surface area contributed by atoms with Gasteiger partial charge in [-0.2, -0.15) is 0 Å². The zero-order valence-electron chi connectivity index (χ0n) is 15.9. The molecule has 2 aromatic rings. The topological polar surface area (TPSA) is 58.1 Å². The SMILES string of the molecule is Cc1nc(C(=O)NC2CCCC2)cc(N(Cc2ccccc2)C(C)C)n1. The molecule has 0 spiro atoms. The minimum atomic E-state index is -0.0907. The Morgan fingerprint density at radius 3 is 2.54 bits per heavy atom. The second-order valence-electron chi connectivity index (χ2n) is 7.32. The fraction of sp³-hybridized carbons (Fsp3) is 0.476. The average Bonchev–Trinajstić information content (AvgIpc) is 3.12. The molecular formula is C21H28N4O. The molecule has 1 aliphatic rings. The number of aryl methyl sites for hydroxylation is 1. The molecule has 0 unspecified atom stereocenters. The maximum Gasteiger partial charge on any atom is 0.270 e. The monoisotopic (exact) mass is 352 g/mol. The number of amides is 1. The number of benzene rings is 1. The first-order chi connectivity index (χ1) is 12.5. The number of nitrogens with one attached hydrogen (secondary N) is 1. The lowest BCUT2D eigenvalue weighted by molar-refractivity contribution is 0.0932. The summed E-state index contributed by atoms with van der Waals surface area (Å²) in [5.74, 6) is 1.33. The lowest BCUT2D eigenvalue weighted by Gasteiger charge is -2.28. The molecule has 0 saturated heterocycles. The van der Waals surface area contributed by atoms with Crippen LogP contribution in [0.25, 0.3) is 0 Å². The van der Waals surface area contributed by atoms with Gasteiger partial charge in [-0.3, -0.25) is 4.79 Å². The van der Waals surface area contributed by atoms with E-state index in [-0.39, 0.29) is 18.0 Å². The highest BCUT2D eigenvalue weighted by Crippen LogP contribution is 2.21. The fourth-order valence-corrected chi connectivity index (χ4v) is 3.45. The van der Waals surface area contributed by atoms with Crippen molar-refractivity contribution in [2.45, 2.75) is 65.1 Å². The molecule has 1 N–H and O–H groups in total. The minimum absolute atomic E-state index is 0.0907. The number of carbonyl (C=O) groups excluding carboxylic acids is 1. The third-order valence-corrected chi connectivity index (χ3v) is 4.86. The van der Waals surface area contributed by atoms with Gasteiger partial charge in [-0.15, -0.1) is 0 Å². The minimum Gasteiger partial charge on any atom is -0.350 e. The van der Waals surface area contributed by atoms with Crippen LogP contribution in [0.5, 0.6) is 0 Å². The Morgan fingerprint density at radius 2 is 1.88 bits per heavy atom. The van der Waals surface area contributed by atoms with Crippen molar-refractivity contribution in [3.63, 3.8) is 0 Å². The zero-order valence-corrected chi connectivity index (χ0v) is 15.9. The maximum atomic E-state index is 12.6. The van der Waals surface area contributed by atoms with Crippen molar-refractivity contribution < 1.29 is 4.79 Å². The van der Waals surface area contributed by atoms with Crippen LogP contribution in [0.15, 0.2) is 36.4 Å². The standard InChI is InChI=1S/C21H28N4O/c1-15(2)25(14-17-9-5-4-6-10-17)20-13-19(22-16(3)23-20)21(26)24-18-11-7-8-12-18/h4-6,9-10,13,15,18H,7-8,11-12,14H2,1-3H3,(H,24,26). The van der Waals surface area contributed by atoms with Gasteiger partial charge < -0.3 is 10.2 Å². The van der Waals surface area contributed by atoms with Crippen molar-refractivity contribution in [2.75, 3.05) is 4.90 Å². The summed E-state index contributed by atoms with van der Waals surface area (Å²) in [7, 11) is 0. The molecule has 1 aromatic heterocycles. The predicted octanol–water partition coefficient (Wildman–Crippen LogP) is 3.87. The third kappa shape index (κ3) is 4.59. The summed E-state index contributed by atoms with van der Waals surface area (Å²) in [6.07, 6.45) is 4.51. The van der Waals surface area contributed by atoms with Crippen LogP contribution in [0.3, 0.4) is 0 Å². The second-order valence-corrected chi connectivity index (χ2v) is 7.32. The molecule has 26 heavy (non-hydrogen) atoms. The van der Waals surface area contributed by atoms with Crippen molar-refractivity contribution in [1.82, 2.24) is 15.3 Å². The molecule has 0 bridgehead atoms. The Bertz CT molecular complexity index is 739. The van der Waals surface area contributed by atoms with Gasteiger partial charge in [0, 0.05) is 24.7 Å². The number of anilines is 1. The van der Waals surface area contributed by atoms with E-state index < -0.39 is 0 Å². The number of nitrogens with zero attached hydrogens (tertiary/aromatic N) is 3. The molecule has 0 aliphatic heterocycles. The quantitative estimate of drug-likeness (QED) is 0.857. The Morgan fingerprint density at radius 1 is 1.19 bits per heavy atom. The first kappa shape index (κ1) is 18.4. The smallest absolute Gasteiger partial charge is 0.270 e. The van der Waals surface area contributed by atoms with Gasteiger partial charge in [0.1, 0.15) is 17.3 Å². The number of aromatic nitrogens is 2. The Kier molecular flexibility index (Phi) is 5.86. The molecule has 138 valence electrons. The Hall–Kier alpha value is -2.43. The molecule has 0 radical (unpaired) electrons. The van der Waals surface area contributed by atoms with Crippen LogP contribution in [0.4, 0.5) is 5.82 Å². The molecule has 1 saturated carbocycles. The number of rotatable bonds is 6. The molecule has 5 nitrogen and oxygen atoms in total. The number of hydrogen-bond donors (Lipinski definition) is 1. The van der Waals surface area contributed by atoms with Gasteiger partial charge in [-0.1, -0.05) is 43.2 Å². The molecule has 1 amide bonds. The van der Waals surface area contributed by atoms with Crippen molar-refractivity contribution in [2.24, 2.45) is 0 Å². The predicted molar refractivity (Wildman–Crippen MR) is 104 cm³/mol. The van der Waals surface area contributed by atoms with E-state index in [4.69, 9.17) is 0 Å². The van der Waals surface area contributed by atoms with E-state index in [9.17, 15) is 4.79 Å². The summed E-state index contributed by atoms with van der Waals surface area (Å²) in [5, 5.41) is 3.12. The van der Waals surface area contributed by atoms with Gasteiger partial charge in [0.25, 0.3) is 5.91 Å². The summed E-state index contributed by atoms with van der Waals surface area (Å²) in [5.41, 5.74) is 1.67. The van der Waals surface area contributed by atoms with Gasteiger partial charge in [-0.25, -0.2) is 9.97 Å². The van der Waals surface area contributed by atoms with E-state index in [1.165, 1.54) is 18.4 Å². The van der Waals surface area contributed by atoms with Crippen molar-refractivity contribution in [1.29, 1.82) is 0 Å². The van der Waals surface area contributed by atoms with Crippen LogP contribution in [0.2, 0.25) is 0 Å². The first-order valence-corrected chi connectivity index (χ1v) is 9.50. The second kappa shape index (κ2) is 8.30. The van der Waals surface area contributed by atoms with E-state index >= 15 is 0 Å². The van der Waals surface area contributed by atoms with Gasteiger partial charge in [0.05, 0.1) is 0 Å². The van der Waals surface area contributed by atoms with Crippen molar-refractivity contribution >= 4 is 11.7 Å². The summed E-state index contributed by atoms with van der Waals surface area (Å²) in [6, 6.07) is 12.7. The van der Waals surface area contributed by atoms with Crippen LogP contribution in [-0.4, -0.2) is 28.0 Å². The zero-order chi connectivity index (χ0) is 18.5. The molecule has 1 heterocycles. The van der Waals surface area contributed by atoms with Crippen LogP contribution < -0.4 is 10.2 Å². The fourth-order valence-electron chi connectivity index (χ4n) is 3.45. The lowest BCUT2D eigenvalue weighted by Crippen LogP contribution is -2.34. The number of carbonyl (C=O) groups is 1. The average molecular weight is 352 g/mol. The van der Waals surface area contributed by atoms with Crippen molar-refractivity contribution in [3.05, 3.63) is 53.5 Å². The molecule has 1 fully saturated rings. The highest BCUT2D eigenvalue weighted by atomic mass is 16.1. The van der Waals surface area contributed by atoms with E-state index in [0.29, 0.717) is 11.5 Å². The van der Waals surface area contributed by atoms with Gasteiger partial charge in [-0.05, 0) is 39.2 Å². The van der Waals surface area contributed by atoms with E-state index in [1.54, 1.807) is 0 Å². The molecule has 0 atom stereocenters. The van der Waals surface area contributed by atoms with Crippen LogP contribution in [0, 0.1) is 6.92 Å². The molecule has 3 rings (SSSR count). The van der Waals surface area contributed by atoms with E-state index in [0.717, 1.165) is 25.2 Å². The molecule has 1 aliphatic carbocycles. The molecule has 1 aromatic carbocycles. The van der Waals surface area contributed by atoms with Crippen LogP contribution in [0.1, 0.15) is 61.4 Å². The Labute approximate surface area is 155 Å². The maximum absolute atomic E-state index is 12.6. The summed E-state index contributed by atoms with van der Waals surface area (Å²) in [4.78, 5) is 23.8. The molecular weight excluding hydrogens is 324 g/mol. The molecule has 5 heteroatoms. The summed E-state index contributed by atoms with van der Waals surface area (Å²) >= 11 is 0. The Balaban J connectivity index is 1.82. The van der Waals surface area contributed by atoms with Crippen LogP contribution in [-0.2, 0) is 6.54 Å². The highest BCUT2D eigenvalue weighted by molar-refractivity contribution is 5.93. The summed E-state index contributed by atoms with van der Waals surface area (Å²) in [6.45, 7) is 6.87. The van der Waals surface area contributed by atoms with Gasteiger partial charge in [0.2, 0.25) is 0 Å². The van der Waals surface area contributed by atoms with Gasteiger partial charge in [0.15, 0.2) is 0 Å². The third-order valence-electron chi connectivity index (χ3n) is 4.86. The summed E-state index contributed by atoms with van der Waals surface area (Å²) < 4.78 is 0. The normalized spacial score (nSPS) is 14.6. The van der Waals surface area contributed by atoms with Crippen molar-refractivity contribution in [3.8, 4) is 0 Å².